The zero-order valence-corrected chi connectivity index (χ0v) is 42.2. The van der Waals surface area contributed by atoms with Gasteiger partial charge in [0.05, 0.1) is 22.1 Å². The Morgan fingerprint density at radius 2 is 0.679 bits per heavy atom. The molecule has 0 aliphatic rings. The van der Waals surface area contributed by atoms with Crippen molar-refractivity contribution in [3.05, 3.63) is 273 Å². The molecule has 3 heterocycles. The van der Waals surface area contributed by atoms with E-state index in [2.05, 4.69) is 264 Å². The number of fused-ring (bicyclic) bond motifs is 12. The number of nitrogens with zero attached hydrogens (tertiary/aromatic N) is 5. The molecule has 0 spiro atoms. The van der Waals surface area contributed by atoms with Crippen LogP contribution in [0.5, 0.6) is 0 Å². The Kier molecular flexibility index (Phi) is 9.87. The summed E-state index contributed by atoms with van der Waals surface area (Å²) in [7, 11) is 0. The first-order valence-corrected chi connectivity index (χ1v) is 26.6. The van der Waals surface area contributed by atoms with Gasteiger partial charge in [0.1, 0.15) is 0 Å². The van der Waals surface area contributed by atoms with Crippen LogP contribution in [0, 0.1) is 0 Å². The summed E-state index contributed by atoms with van der Waals surface area (Å²) in [5.74, 6) is 1.76. The fourth-order valence-electron chi connectivity index (χ4n) is 12.5. The van der Waals surface area contributed by atoms with Crippen molar-refractivity contribution in [3.8, 4) is 67.8 Å². The van der Waals surface area contributed by atoms with Crippen molar-refractivity contribution in [1.82, 2.24) is 24.1 Å². The quantitative estimate of drug-likeness (QED) is 0.118. The summed E-state index contributed by atoms with van der Waals surface area (Å²) in [6.45, 7) is 0. The Morgan fingerprint density at radius 1 is 0.244 bits per heavy atom. The monoisotopic (exact) mass is 991 g/mol. The molecule has 0 aliphatic heterocycles. The fourth-order valence-corrected chi connectivity index (χ4v) is 12.5. The van der Waals surface area contributed by atoms with Gasteiger partial charge in [0, 0.05) is 38.4 Å². The predicted octanol–water partition coefficient (Wildman–Crippen LogP) is 19.0. The van der Waals surface area contributed by atoms with Crippen molar-refractivity contribution in [1.29, 1.82) is 0 Å². The molecule has 362 valence electrons. The maximum atomic E-state index is 5.44. The Bertz CT molecular complexity index is 5000. The predicted molar refractivity (Wildman–Crippen MR) is 326 cm³/mol. The van der Waals surface area contributed by atoms with Gasteiger partial charge in [-0.1, -0.05) is 243 Å². The van der Waals surface area contributed by atoms with Crippen LogP contribution in [-0.2, 0) is 0 Å². The van der Waals surface area contributed by atoms with Gasteiger partial charge in [-0.15, -0.1) is 0 Å². The van der Waals surface area contributed by atoms with E-state index < -0.39 is 0 Å². The topological polar surface area (TPSA) is 48.5 Å². The standard InChI is InChI=1S/C73H45N5/c1-4-19-48(20-5-1)67-58-27-10-12-29-60(58)68(61-30-13-11-28-59(61)67)51-40-37-47-41-42-55-53(31-18-32-54(55)64(47)45-51)46-35-38-50(39-36-46)72-74-71(49-21-6-2-7-22-49)75-73(76-72)78-66-34-17-15-26-57(66)63-44-43-62-56-25-14-16-33-65(56)77(69(62)70(63)78)52-23-8-3-9-24-52/h1-45H. The van der Waals surface area contributed by atoms with Gasteiger partial charge in [0.25, 0.3) is 0 Å². The molecule has 0 fully saturated rings. The van der Waals surface area contributed by atoms with E-state index in [9.17, 15) is 0 Å². The third-order valence-electron chi connectivity index (χ3n) is 16.0. The van der Waals surface area contributed by atoms with Gasteiger partial charge in [-0.2, -0.15) is 9.97 Å². The van der Waals surface area contributed by atoms with Gasteiger partial charge in [0.2, 0.25) is 5.95 Å². The second-order valence-electron chi connectivity index (χ2n) is 20.2. The van der Waals surface area contributed by atoms with Crippen LogP contribution in [0.2, 0.25) is 0 Å². The highest BCUT2D eigenvalue weighted by Gasteiger charge is 2.24. The van der Waals surface area contributed by atoms with E-state index >= 15 is 0 Å². The molecule has 0 saturated carbocycles. The molecule has 0 amide bonds. The molecule has 16 aromatic rings. The lowest BCUT2D eigenvalue weighted by molar-refractivity contribution is 0.953. The second kappa shape index (κ2) is 17.6. The van der Waals surface area contributed by atoms with E-state index in [1.165, 1.54) is 76.3 Å². The number of para-hydroxylation sites is 3. The van der Waals surface area contributed by atoms with Crippen molar-refractivity contribution in [2.75, 3.05) is 0 Å². The van der Waals surface area contributed by atoms with Crippen LogP contribution in [0.15, 0.2) is 273 Å². The molecule has 0 atom stereocenters. The Hall–Kier alpha value is -10.5. The molecule has 0 N–H and O–H groups in total. The van der Waals surface area contributed by atoms with Gasteiger partial charge in [-0.25, -0.2) is 4.98 Å². The van der Waals surface area contributed by atoms with Crippen molar-refractivity contribution in [2.45, 2.75) is 0 Å². The third-order valence-corrected chi connectivity index (χ3v) is 16.0. The molecule has 3 aromatic heterocycles. The van der Waals surface area contributed by atoms with E-state index in [-0.39, 0.29) is 0 Å². The lowest BCUT2D eigenvalue weighted by Crippen LogP contribution is -2.07. The van der Waals surface area contributed by atoms with Crippen LogP contribution in [0.25, 0.3) is 154 Å². The molecule has 0 radical (unpaired) electrons. The summed E-state index contributed by atoms with van der Waals surface area (Å²) < 4.78 is 4.65. The van der Waals surface area contributed by atoms with Crippen LogP contribution >= 0.6 is 0 Å². The van der Waals surface area contributed by atoms with E-state index in [4.69, 9.17) is 15.0 Å². The molecule has 0 aliphatic carbocycles. The first-order valence-electron chi connectivity index (χ1n) is 26.6. The summed E-state index contributed by atoms with van der Waals surface area (Å²) in [6, 6.07) is 98.3. The second-order valence-corrected chi connectivity index (χ2v) is 20.2. The van der Waals surface area contributed by atoms with Gasteiger partial charge >= 0.3 is 0 Å². The smallest absolute Gasteiger partial charge is 0.238 e. The van der Waals surface area contributed by atoms with E-state index in [1.54, 1.807) is 0 Å². The summed E-state index contributed by atoms with van der Waals surface area (Å²) >= 11 is 0. The minimum atomic E-state index is 0.555. The van der Waals surface area contributed by atoms with Crippen LogP contribution in [0.3, 0.4) is 0 Å². The van der Waals surface area contributed by atoms with E-state index in [0.29, 0.717) is 17.6 Å². The number of benzene rings is 13. The minimum absolute atomic E-state index is 0.555. The summed E-state index contributed by atoms with van der Waals surface area (Å²) in [5.41, 5.74) is 14.4. The number of rotatable bonds is 7. The SMILES string of the molecule is c1ccc(-c2nc(-c3ccc(-c4cccc5c4ccc4ccc(-c6c7ccccc7c(-c7ccccc7)c7ccccc67)cc45)cc3)nc(-n3c4ccccc4c4ccc5c6ccccc6n(-c6ccccc6)c5c43)n2)cc1. The molecule has 5 heteroatoms. The van der Waals surface area contributed by atoms with Crippen LogP contribution < -0.4 is 0 Å². The Labute approximate surface area is 449 Å². The first kappa shape index (κ1) is 43.9. The highest BCUT2D eigenvalue weighted by molar-refractivity contribution is 6.25. The zero-order valence-electron chi connectivity index (χ0n) is 42.2. The van der Waals surface area contributed by atoms with Crippen LogP contribution in [0.4, 0.5) is 0 Å². The van der Waals surface area contributed by atoms with Gasteiger partial charge in [0.15, 0.2) is 11.6 Å². The normalized spacial score (nSPS) is 11.8. The summed E-state index contributed by atoms with van der Waals surface area (Å²) in [6.07, 6.45) is 0. The van der Waals surface area contributed by atoms with Gasteiger partial charge in [-0.05, 0) is 107 Å². The lowest BCUT2D eigenvalue weighted by atomic mass is 9.85. The van der Waals surface area contributed by atoms with Crippen LogP contribution in [0.1, 0.15) is 0 Å². The maximum Gasteiger partial charge on any atom is 0.238 e. The highest BCUT2D eigenvalue weighted by Crippen LogP contribution is 2.46. The molecule has 0 saturated heterocycles. The molecular formula is C73H45N5. The maximum absolute atomic E-state index is 5.44. The van der Waals surface area contributed by atoms with Crippen LogP contribution in [-0.4, -0.2) is 24.1 Å². The third kappa shape index (κ3) is 6.78. The van der Waals surface area contributed by atoms with Crippen molar-refractivity contribution in [3.63, 3.8) is 0 Å². The molecule has 13 aromatic carbocycles. The lowest BCUT2D eigenvalue weighted by Gasteiger charge is -2.18. The number of aromatic nitrogens is 5. The first-order chi connectivity index (χ1) is 38.7. The van der Waals surface area contributed by atoms with E-state index in [1.807, 2.05) is 18.2 Å². The fraction of sp³-hybridized carbons (Fsp3) is 0. The minimum Gasteiger partial charge on any atom is -0.307 e. The number of hydrogen-bond donors (Lipinski definition) is 0. The number of hydrogen-bond acceptors (Lipinski definition) is 3. The summed E-state index contributed by atoms with van der Waals surface area (Å²) in [4.78, 5) is 16.0. The summed E-state index contributed by atoms with van der Waals surface area (Å²) in [5, 5.41) is 14.5. The molecule has 78 heavy (non-hydrogen) atoms. The molecule has 0 bridgehead atoms. The van der Waals surface area contributed by atoms with Crippen molar-refractivity contribution >= 4 is 86.7 Å². The van der Waals surface area contributed by atoms with Crippen molar-refractivity contribution in [2.24, 2.45) is 0 Å². The Morgan fingerprint density at radius 3 is 1.29 bits per heavy atom. The largest absolute Gasteiger partial charge is 0.307 e. The average molecular weight is 992 g/mol. The van der Waals surface area contributed by atoms with E-state index in [0.717, 1.165) is 60.6 Å². The Balaban J connectivity index is 0.851. The average Bonchev–Trinajstić information content (AvgIpc) is 4.23. The van der Waals surface area contributed by atoms with Gasteiger partial charge in [-0.3, -0.25) is 4.57 Å². The molecule has 5 nitrogen and oxygen atoms in total. The van der Waals surface area contributed by atoms with Gasteiger partial charge < -0.3 is 4.57 Å². The molecule has 0 unspecified atom stereocenters. The highest BCUT2D eigenvalue weighted by atomic mass is 15.2. The molecule has 16 rings (SSSR count). The zero-order chi connectivity index (χ0) is 51.3. The molecular weight excluding hydrogens is 947 g/mol. The van der Waals surface area contributed by atoms with Crippen molar-refractivity contribution < 1.29 is 0 Å².